The zero-order chi connectivity index (χ0) is 14.4. The summed E-state index contributed by atoms with van der Waals surface area (Å²) in [6.07, 6.45) is 7.19. The lowest BCUT2D eigenvalue weighted by atomic mass is 10.2. The van der Waals surface area contributed by atoms with E-state index in [2.05, 4.69) is 10.3 Å². The van der Waals surface area contributed by atoms with Gasteiger partial charge in [-0.3, -0.25) is 4.79 Å². The van der Waals surface area contributed by atoms with E-state index in [0.29, 0.717) is 12.1 Å². The molecule has 6 nitrogen and oxygen atoms in total. The highest BCUT2D eigenvalue weighted by molar-refractivity contribution is 5.94. The van der Waals surface area contributed by atoms with Crippen LogP contribution in [0.1, 0.15) is 23.2 Å². The number of aromatic nitrogens is 2. The van der Waals surface area contributed by atoms with E-state index < -0.39 is 0 Å². The number of amides is 1. The number of unbranched alkanes of at least 4 members (excludes halogenated alkanes) is 1. The van der Waals surface area contributed by atoms with Crippen molar-refractivity contribution in [2.75, 3.05) is 6.54 Å². The molecule has 1 aromatic heterocycles. The van der Waals surface area contributed by atoms with E-state index in [1.807, 2.05) is 10.8 Å². The third-order valence-corrected chi connectivity index (χ3v) is 2.93. The molecule has 2 aromatic rings. The number of rotatable bonds is 6. The molecule has 0 spiro atoms. The molecule has 106 valence electrons. The van der Waals surface area contributed by atoms with Crippen LogP contribution in [0.2, 0.25) is 0 Å². The number of nitrogens with one attached hydrogen (secondary N) is 1. The summed E-state index contributed by atoms with van der Waals surface area (Å²) in [5.41, 5.74) is 0.329. The first-order valence-electron chi connectivity index (χ1n) is 6.43. The van der Waals surface area contributed by atoms with Gasteiger partial charge in [-0.2, -0.15) is 0 Å². The second-order valence-corrected chi connectivity index (χ2v) is 4.47. The summed E-state index contributed by atoms with van der Waals surface area (Å²) in [7, 11) is 0. The number of phenolic OH excluding ortho intramolecular Hbond substituents is 2. The number of aryl methyl sites for hydroxylation is 1. The molecule has 0 radical (unpaired) electrons. The fraction of sp³-hybridized carbons (Fsp3) is 0.286. The standard InChI is InChI=1S/C14H17N3O3/c18-12-4-3-11(9-13(12)19)14(20)16-5-1-2-7-17-8-6-15-10-17/h3-4,6,8-10,18-19H,1-2,5,7H2,(H,16,20). The van der Waals surface area contributed by atoms with Crippen molar-refractivity contribution in [1.82, 2.24) is 14.9 Å². The quantitative estimate of drug-likeness (QED) is 0.551. The van der Waals surface area contributed by atoms with Crippen molar-refractivity contribution in [3.63, 3.8) is 0 Å². The van der Waals surface area contributed by atoms with Crippen molar-refractivity contribution in [3.8, 4) is 11.5 Å². The van der Waals surface area contributed by atoms with Gasteiger partial charge in [-0.05, 0) is 31.0 Å². The van der Waals surface area contributed by atoms with E-state index >= 15 is 0 Å². The lowest BCUT2D eigenvalue weighted by Gasteiger charge is -2.06. The molecule has 0 aliphatic carbocycles. The molecule has 1 heterocycles. The molecule has 0 aliphatic heterocycles. The number of imidazole rings is 1. The van der Waals surface area contributed by atoms with Crippen molar-refractivity contribution in [2.45, 2.75) is 19.4 Å². The summed E-state index contributed by atoms with van der Waals surface area (Å²) < 4.78 is 1.99. The molecule has 2 rings (SSSR count). The average molecular weight is 275 g/mol. The van der Waals surface area contributed by atoms with Crippen molar-refractivity contribution >= 4 is 5.91 Å². The number of phenols is 2. The van der Waals surface area contributed by atoms with E-state index in [1.165, 1.54) is 18.2 Å². The van der Waals surface area contributed by atoms with Gasteiger partial charge in [0.2, 0.25) is 0 Å². The molecule has 20 heavy (non-hydrogen) atoms. The Morgan fingerprint density at radius 2 is 2.10 bits per heavy atom. The van der Waals surface area contributed by atoms with Gasteiger partial charge in [-0.1, -0.05) is 0 Å². The molecule has 0 saturated carbocycles. The second-order valence-electron chi connectivity index (χ2n) is 4.47. The van der Waals surface area contributed by atoms with Crippen molar-refractivity contribution in [1.29, 1.82) is 0 Å². The Morgan fingerprint density at radius 1 is 1.25 bits per heavy atom. The van der Waals surface area contributed by atoms with E-state index in [9.17, 15) is 15.0 Å². The summed E-state index contributed by atoms with van der Waals surface area (Å²) >= 11 is 0. The van der Waals surface area contributed by atoms with Crippen LogP contribution in [0, 0.1) is 0 Å². The van der Waals surface area contributed by atoms with Crippen molar-refractivity contribution in [2.24, 2.45) is 0 Å². The van der Waals surface area contributed by atoms with Gasteiger partial charge < -0.3 is 20.1 Å². The summed E-state index contributed by atoms with van der Waals surface area (Å²) in [6, 6.07) is 4.01. The van der Waals surface area contributed by atoms with Crippen LogP contribution in [0.25, 0.3) is 0 Å². The maximum Gasteiger partial charge on any atom is 0.251 e. The average Bonchev–Trinajstić information content (AvgIpc) is 2.94. The lowest BCUT2D eigenvalue weighted by Crippen LogP contribution is -2.24. The number of nitrogens with zero attached hydrogens (tertiary/aromatic N) is 2. The van der Waals surface area contributed by atoms with Gasteiger partial charge in [0.25, 0.3) is 5.91 Å². The van der Waals surface area contributed by atoms with Crippen LogP contribution >= 0.6 is 0 Å². The van der Waals surface area contributed by atoms with Crippen LogP contribution in [-0.4, -0.2) is 32.2 Å². The number of hydrogen-bond donors (Lipinski definition) is 3. The molecule has 3 N–H and O–H groups in total. The molecule has 6 heteroatoms. The maximum atomic E-state index is 11.8. The van der Waals surface area contributed by atoms with Gasteiger partial charge in [0.1, 0.15) is 0 Å². The third-order valence-electron chi connectivity index (χ3n) is 2.93. The Kier molecular flexibility index (Phi) is 4.60. The fourth-order valence-electron chi connectivity index (χ4n) is 1.81. The van der Waals surface area contributed by atoms with Gasteiger partial charge >= 0.3 is 0 Å². The zero-order valence-electron chi connectivity index (χ0n) is 11.0. The Labute approximate surface area is 116 Å². The molecular formula is C14H17N3O3. The van der Waals surface area contributed by atoms with Gasteiger partial charge in [-0.15, -0.1) is 0 Å². The van der Waals surface area contributed by atoms with Gasteiger partial charge in [0, 0.05) is 31.0 Å². The van der Waals surface area contributed by atoms with Crippen LogP contribution in [0.4, 0.5) is 0 Å². The summed E-state index contributed by atoms with van der Waals surface area (Å²) in [5, 5.41) is 21.3. The minimum absolute atomic E-state index is 0.234. The normalized spacial score (nSPS) is 10.4. The van der Waals surface area contributed by atoms with E-state index in [-0.39, 0.29) is 17.4 Å². The summed E-state index contributed by atoms with van der Waals surface area (Å²) in [4.78, 5) is 15.7. The van der Waals surface area contributed by atoms with Gasteiger partial charge in [0.05, 0.1) is 6.33 Å². The molecule has 1 amide bonds. The highest BCUT2D eigenvalue weighted by Gasteiger charge is 2.07. The number of hydrogen-bond acceptors (Lipinski definition) is 4. The second kappa shape index (κ2) is 6.60. The Morgan fingerprint density at radius 3 is 2.80 bits per heavy atom. The largest absolute Gasteiger partial charge is 0.504 e. The van der Waals surface area contributed by atoms with E-state index in [1.54, 1.807) is 12.5 Å². The van der Waals surface area contributed by atoms with Crippen LogP contribution in [0.5, 0.6) is 11.5 Å². The summed E-state index contributed by atoms with van der Waals surface area (Å²) in [5.74, 6) is -0.789. The molecule has 0 aliphatic rings. The Bertz CT molecular complexity index is 567. The highest BCUT2D eigenvalue weighted by atomic mass is 16.3. The summed E-state index contributed by atoms with van der Waals surface area (Å²) in [6.45, 7) is 1.44. The molecule has 0 saturated heterocycles. The van der Waals surface area contributed by atoms with E-state index in [4.69, 9.17) is 0 Å². The SMILES string of the molecule is O=C(NCCCCn1ccnc1)c1ccc(O)c(O)c1. The van der Waals surface area contributed by atoms with Crippen LogP contribution < -0.4 is 5.32 Å². The monoisotopic (exact) mass is 275 g/mol. The molecular weight excluding hydrogens is 258 g/mol. The molecule has 1 aromatic carbocycles. The maximum absolute atomic E-state index is 11.8. The smallest absolute Gasteiger partial charge is 0.251 e. The molecule has 0 fully saturated rings. The minimum atomic E-state index is -0.294. The lowest BCUT2D eigenvalue weighted by molar-refractivity contribution is 0.0952. The molecule has 0 atom stereocenters. The number of carbonyl (C=O) groups is 1. The van der Waals surface area contributed by atoms with Gasteiger partial charge in [0.15, 0.2) is 11.5 Å². The van der Waals surface area contributed by atoms with Crippen LogP contribution in [-0.2, 0) is 6.54 Å². The van der Waals surface area contributed by atoms with Crippen molar-refractivity contribution in [3.05, 3.63) is 42.5 Å². The highest BCUT2D eigenvalue weighted by Crippen LogP contribution is 2.24. The molecule has 0 bridgehead atoms. The number of aromatic hydroxyl groups is 2. The van der Waals surface area contributed by atoms with Crippen molar-refractivity contribution < 1.29 is 15.0 Å². The first kappa shape index (κ1) is 13.9. The topological polar surface area (TPSA) is 87.4 Å². The fourth-order valence-corrected chi connectivity index (χ4v) is 1.81. The van der Waals surface area contributed by atoms with E-state index in [0.717, 1.165) is 19.4 Å². The Hall–Kier alpha value is -2.50. The number of benzene rings is 1. The van der Waals surface area contributed by atoms with Crippen LogP contribution in [0.15, 0.2) is 36.9 Å². The predicted octanol–water partition coefficient (Wildman–Crippen LogP) is 1.50. The first-order chi connectivity index (χ1) is 9.66. The minimum Gasteiger partial charge on any atom is -0.504 e. The predicted molar refractivity (Wildman–Crippen MR) is 73.6 cm³/mol. The zero-order valence-corrected chi connectivity index (χ0v) is 11.0. The Balaban J connectivity index is 1.70. The molecule has 0 unspecified atom stereocenters. The van der Waals surface area contributed by atoms with Crippen LogP contribution in [0.3, 0.4) is 0 Å². The first-order valence-corrected chi connectivity index (χ1v) is 6.43. The number of carbonyl (C=O) groups excluding carboxylic acids is 1. The third kappa shape index (κ3) is 3.74. The van der Waals surface area contributed by atoms with Gasteiger partial charge in [-0.25, -0.2) is 4.98 Å².